The Morgan fingerprint density at radius 2 is 1.94 bits per heavy atom. The van der Waals surface area contributed by atoms with Crippen LogP contribution in [0.25, 0.3) is 0 Å². The highest BCUT2D eigenvalue weighted by Gasteiger charge is 2.33. The number of halogens is 3. The van der Waals surface area contributed by atoms with Crippen LogP contribution in [-0.2, 0) is 17.3 Å². The Balaban J connectivity index is 3.40. The molecule has 0 radical (unpaired) electrons. The number of alkyl halides is 3. The molecular formula is C7H4F3NO4S. The Morgan fingerprint density at radius 1 is 1.38 bits per heavy atom. The SMILES string of the molecule is O=[N+]([O-])c1cc(C(F)(F)F)ccc1S(=O)O. The zero-order valence-corrected chi connectivity index (χ0v) is 8.21. The normalized spacial score (nSPS) is 13.5. The van der Waals surface area contributed by atoms with Gasteiger partial charge in [-0.2, -0.15) is 13.2 Å². The molecule has 1 rings (SSSR count). The van der Waals surface area contributed by atoms with Gasteiger partial charge in [-0.05, 0) is 12.1 Å². The van der Waals surface area contributed by atoms with Crippen LogP contribution in [0, 0.1) is 10.1 Å². The maximum absolute atomic E-state index is 12.2. The predicted molar refractivity (Wildman–Crippen MR) is 47.1 cm³/mol. The molecule has 0 aliphatic rings. The highest BCUT2D eigenvalue weighted by Crippen LogP contribution is 2.33. The maximum atomic E-state index is 12.2. The first-order chi connectivity index (χ1) is 7.23. The number of rotatable bonds is 2. The van der Waals surface area contributed by atoms with Gasteiger partial charge in [0.1, 0.15) is 4.90 Å². The number of nitrogens with zero attached hydrogens (tertiary/aromatic N) is 1. The molecule has 1 aromatic carbocycles. The van der Waals surface area contributed by atoms with Gasteiger partial charge in [-0.3, -0.25) is 10.1 Å². The van der Waals surface area contributed by atoms with Crippen molar-refractivity contribution in [2.24, 2.45) is 0 Å². The Kier molecular flexibility index (Phi) is 3.29. The van der Waals surface area contributed by atoms with E-state index in [4.69, 9.17) is 4.55 Å². The first kappa shape index (κ1) is 12.6. The van der Waals surface area contributed by atoms with Crippen molar-refractivity contribution in [1.82, 2.24) is 0 Å². The van der Waals surface area contributed by atoms with E-state index in [-0.39, 0.29) is 6.07 Å². The van der Waals surface area contributed by atoms with Gasteiger partial charge in [0.05, 0.1) is 10.5 Å². The van der Waals surface area contributed by atoms with E-state index >= 15 is 0 Å². The molecule has 88 valence electrons. The van der Waals surface area contributed by atoms with Crippen LogP contribution in [0.3, 0.4) is 0 Å². The van der Waals surface area contributed by atoms with Crippen LogP contribution in [0.1, 0.15) is 5.56 Å². The molecule has 9 heteroatoms. The molecule has 0 saturated heterocycles. The highest BCUT2D eigenvalue weighted by molar-refractivity contribution is 7.79. The van der Waals surface area contributed by atoms with E-state index in [9.17, 15) is 27.5 Å². The van der Waals surface area contributed by atoms with Gasteiger partial charge in [0.25, 0.3) is 5.69 Å². The Bertz CT molecular complexity index is 459. The average molecular weight is 255 g/mol. The van der Waals surface area contributed by atoms with E-state index < -0.39 is 38.3 Å². The summed E-state index contributed by atoms with van der Waals surface area (Å²) in [6.45, 7) is 0. The number of benzene rings is 1. The second kappa shape index (κ2) is 4.18. The van der Waals surface area contributed by atoms with Gasteiger partial charge in [0.15, 0.2) is 11.1 Å². The molecule has 0 fully saturated rings. The Morgan fingerprint density at radius 3 is 2.31 bits per heavy atom. The molecule has 0 aliphatic heterocycles. The molecule has 0 amide bonds. The van der Waals surface area contributed by atoms with E-state index in [0.29, 0.717) is 12.1 Å². The predicted octanol–water partition coefficient (Wildman–Crippen LogP) is 2.19. The third-order valence-corrected chi connectivity index (χ3v) is 2.39. The molecule has 1 atom stereocenters. The molecule has 1 N–H and O–H groups in total. The fourth-order valence-electron chi connectivity index (χ4n) is 0.984. The Labute approximate surface area is 89.3 Å². The molecule has 0 heterocycles. The van der Waals surface area contributed by atoms with Crippen LogP contribution in [-0.4, -0.2) is 13.7 Å². The van der Waals surface area contributed by atoms with Crippen molar-refractivity contribution in [2.75, 3.05) is 0 Å². The van der Waals surface area contributed by atoms with E-state index in [1.54, 1.807) is 0 Å². The van der Waals surface area contributed by atoms with Crippen LogP contribution in [0.2, 0.25) is 0 Å². The lowest BCUT2D eigenvalue weighted by Crippen LogP contribution is -2.07. The third-order valence-electron chi connectivity index (χ3n) is 1.67. The summed E-state index contributed by atoms with van der Waals surface area (Å²) in [5, 5.41) is 10.4. The van der Waals surface area contributed by atoms with Crippen molar-refractivity contribution >= 4 is 16.8 Å². The molecular weight excluding hydrogens is 251 g/mol. The van der Waals surface area contributed by atoms with Crippen LogP contribution in [0.5, 0.6) is 0 Å². The van der Waals surface area contributed by atoms with Crippen molar-refractivity contribution < 1.29 is 26.9 Å². The smallest absolute Gasteiger partial charge is 0.302 e. The summed E-state index contributed by atoms with van der Waals surface area (Å²) in [4.78, 5) is 8.59. The van der Waals surface area contributed by atoms with Gasteiger partial charge in [-0.15, -0.1) is 0 Å². The van der Waals surface area contributed by atoms with Crippen molar-refractivity contribution in [3.8, 4) is 0 Å². The van der Waals surface area contributed by atoms with Crippen molar-refractivity contribution in [3.05, 3.63) is 33.9 Å². The average Bonchev–Trinajstić information content (AvgIpc) is 2.15. The number of nitro benzene ring substituents is 1. The van der Waals surface area contributed by atoms with Crippen molar-refractivity contribution in [3.63, 3.8) is 0 Å². The highest BCUT2D eigenvalue weighted by atomic mass is 32.2. The second-order valence-electron chi connectivity index (χ2n) is 2.69. The molecule has 0 aromatic heterocycles. The number of hydrogen-bond acceptors (Lipinski definition) is 3. The molecule has 5 nitrogen and oxygen atoms in total. The lowest BCUT2D eigenvalue weighted by Gasteiger charge is -2.06. The summed E-state index contributed by atoms with van der Waals surface area (Å²) < 4.78 is 55.9. The quantitative estimate of drug-likeness (QED) is 0.499. The first-order valence-corrected chi connectivity index (χ1v) is 4.80. The summed E-state index contributed by atoms with van der Waals surface area (Å²) in [6.07, 6.45) is -4.74. The van der Waals surface area contributed by atoms with E-state index in [1.807, 2.05) is 0 Å². The molecule has 0 bridgehead atoms. The zero-order valence-electron chi connectivity index (χ0n) is 7.39. The lowest BCUT2D eigenvalue weighted by atomic mass is 10.2. The van der Waals surface area contributed by atoms with Crippen LogP contribution in [0.15, 0.2) is 23.1 Å². The van der Waals surface area contributed by atoms with E-state index in [0.717, 1.165) is 0 Å². The number of hydrogen-bond donors (Lipinski definition) is 1. The van der Waals surface area contributed by atoms with Gasteiger partial charge in [0, 0.05) is 6.07 Å². The molecule has 1 aromatic rings. The molecule has 0 aliphatic carbocycles. The molecule has 0 saturated carbocycles. The monoisotopic (exact) mass is 255 g/mol. The molecule has 1 unspecified atom stereocenters. The minimum Gasteiger partial charge on any atom is -0.302 e. The summed E-state index contributed by atoms with van der Waals surface area (Å²) in [5.41, 5.74) is -2.27. The second-order valence-corrected chi connectivity index (χ2v) is 3.62. The summed E-state index contributed by atoms with van der Waals surface area (Å²) in [7, 11) is 0. The lowest BCUT2D eigenvalue weighted by molar-refractivity contribution is -0.388. The van der Waals surface area contributed by atoms with Gasteiger partial charge in [0.2, 0.25) is 0 Å². The van der Waals surface area contributed by atoms with Crippen LogP contribution >= 0.6 is 0 Å². The third kappa shape index (κ3) is 2.55. The molecule has 16 heavy (non-hydrogen) atoms. The van der Waals surface area contributed by atoms with E-state index in [2.05, 4.69) is 0 Å². The fraction of sp³-hybridized carbons (Fsp3) is 0.143. The van der Waals surface area contributed by atoms with Crippen molar-refractivity contribution in [1.29, 1.82) is 0 Å². The van der Waals surface area contributed by atoms with Crippen LogP contribution < -0.4 is 0 Å². The summed E-state index contributed by atoms with van der Waals surface area (Å²) in [5.74, 6) is 0. The topological polar surface area (TPSA) is 80.4 Å². The molecule has 0 spiro atoms. The minimum absolute atomic E-state index is 0.226. The van der Waals surface area contributed by atoms with Crippen molar-refractivity contribution in [2.45, 2.75) is 11.1 Å². The fourth-order valence-corrected chi connectivity index (χ4v) is 1.48. The van der Waals surface area contributed by atoms with Gasteiger partial charge in [-0.1, -0.05) is 0 Å². The van der Waals surface area contributed by atoms with Gasteiger partial charge < -0.3 is 4.55 Å². The zero-order chi connectivity index (χ0) is 12.5. The first-order valence-electron chi connectivity index (χ1n) is 3.70. The standard InChI is InChI=1S/C7H4F3NO4S/c8-7(9,10)4-1-2-6(16(14)15)5(3-4)11(12)13/h1-3H,(H,14,15). The van der Waals surface area contributed by atoms with Gasteiger partial charge in [-0.25, -0.2) is 4.21 Å². The minimum atomic E-state index is -4.74. The van der Waals surface area contributed by atoms with Gasteiger partial charge >= 0.3 is 6.18 Å². The number of nitro groups is 1. The maximum Gasteiger partial charge on any atom is 0.416 e. The summed E-state index contributed by atoms with van der Waals surface area (Å²) >= 11 is -2.71. The Hall–Kier alpha value is -1.48. The van der Waals surface area contributed by atoms with E-state index in [1.165, 1.54) is 0 Å². The van der Waals surface area contributed by atoms with Crippen LogP contribution in [0.4, 0.5) is 18.9 Å². The largest absolute Gasteiger partial charge is 0.416 e. The summed E-state index contributed by atoms with van der Waals surface area (Å²) in [6, 6.07) is 1.34.